The van der Waals surface area contributed by atoms with Crippen molar-refractivity contribution in [3.05, 3.63) is 35.9 Å². The van der Waals surface area contributed by atoms with E-state index in [1.807, 2.05) is 6.07 Å². The van der Waals surface area contributed by atoms with Crippen LogP contribution in [-0.2, 0) is 4.79 Å². The molecular weight excluding hydrogens is 216 g/mol. The van der Waals surface area contributed by atoms with Gasteiger partial charge >= 0.3 is 0 Å². The lowest BCUT2D eigenvalue weighted by Crippen LogP contribution is -2.45. The fourth-order valence-electron chi connectivity index (χ4n) is 1.88. The van der Waals surface area contributed by atoms with Crippen LogP contribution in [0.5, 0.6) is 0 Å². The number of amides is 2. The Balaban J connectivity index is 2.00. The Kier molecular flexibility index (Phi) is 3.75. The number of hydrogen-bond donors (Lipinski definition) is 1. The van der Waals surface area contributed by atoms with Crippen molar-refractivity contribution in [2.75, 3.05) is 6.54 Å². The van der Waals surface area contributed by atoms with Crippen LogP contribution in [0.3, 0.4) is 0 Å². The Morgan fingerprint density at radius 1 is 1.12 bits per heavy atom. The monoisotopic (exact) mass is 232 g/mol. The van der Waals surface area contributed by atoms with E-state index in [-0.39, 0.29) is 11.8 Å². The summed E-state index contributed by atoms with van der Waals surface area (Å²) < 4.78 is 0. The van der Waals surface area contributed by atoms with Crippen molar-refractivity contribution < 1.29 is 9.59 Å². The molecule has 1 saturated heterocycles. The van der Waals surface area contributed by atoms with Crippen molar-refractivity contribution in [2.24, 2.45) is 0 Å². The second-order valence-electron chi connectivity index (χ2n) is 4.16. The van der Waals surface area contributed by atoms with E-state index in [9.17, 15) is 9.59 Å². The molecule has 4 nitrogen and oxygen atoms in total. The molecule has 0 atom stereocenters. The summed E-state index contributed by atoms with van der Waals surface area (Å²) in [5, 5.41) is 1.45. The van der Waals surface area contributed by atoms with Crippen molar-refractivity contribution in [1.82, 2.24) is 10.4 Å². The quantitative estimate of drug-likeness (QED) is 0.844. The van der Waals surface area contributed by atoms with E-state index >= 15 is 0 Å². The van der Waals surface area contributed by atoms with Gasteiger partial charge in [0, 0.05) is 18.5 Å². The summed E-state index contributed by atoms with van der Waals surface area (Å²) in [6.45, 7) is 0.609. The maximum Gasteiger partial charge on any atom is 0.269 e. The SMILES string of the molecule is O=C(NN1CCCCCC1=O)c1ccccc1. The predicted molar refractivity (Wildman–Crippen MR) is 64.1 cm³/mol. The summed E-state index contributed by atoms with van der Waals surface area (Å²) in [6.07, 6.45) is 3.43. The van der Waals surface area contributed by atoms with E-state index in [1.54, 1.807) is 24.3 Å². The first-order valence-corrected chi connectivity index (χ1v) is 5.94. The number of hydrazine groups is 1. The Labute approximate surface area is 101 Å². The number of hydrogen-bond acceptors (Lipinski definition) is 2. The zero-order valence-corrected chi connectivity index (χ0v) is 9.69. The van der Waals surface area contributed by atoms with Crippen LogP contribution in [0.4, 0.5) is 0 Å². The van der Waals surface area contributed by atoms with Gasteiger partial charge in [-0.2, -0.15) is 0 Å². The van der Waals surface area contributed by atoms with Gasteiger partial charge in [-0.3, -0.25) is 20.0 Å². The summed E-state index contributed by atoms with van der Waals surface area (Å²) in [4.78, 5) is 23.6. The Hall–Kier alpha value is -1.84. The lowest BCUT2D eigenvalue weighted by Gasteiger charge is -2.21. The van der Waals surface area contributed by atoms with Gasteiger partial charge in [-0.05, 0) is 25.0 Å². The molecule has 2 rings (SSSR count). The van der Waals surface area contributed by atoms with Crippen LogP contribution >= 0.6 is 0 Å². The predicted octanol–water partition coefficient (Wildman–Crippen LogP) is 1.73. The number of carbonyl (C=O) groups excluding carboxylic acids is 2. The molecule has 2 amide bonds. The Morgan fingerprint density at radius 2 is 1.88 bits per heavy atom. The summed E-state index contributed by atoms with van der Waals surface area (Å²) in [5.41, 5.74) is 3.24. The molecule has 0 aliphatic carbocycles. The first-order valence-electron chi connectivity index (χ1n) is 5.94. The topological polar surface area (TPSA) is 49.4 Å². The van der Waals surface area contributed by atoms with E-state index in [2.05, 4.69) is 5.43 Å². The largest absolute Gasteiger partial charge is 0.273 e. The molecule has 17 heavy (non-hydrogen) atoms. The van der Waals surface area contributed by atoms with E-state index < -0.39 is 0 Å². The number of nitrogens with one attached hydrogen (secondary N) is 1. The molecule has 90 valence electrons. The third kappa shape index (κ3) is 3.06. The lowest BCUT2D eigenvalue weighted by atomic mass is 10.2. The zero-order valence-electron chi connectivity index (χ0n) is 9.69. The Bertz CT molecular complexity index is 403. The first kappa shape index (κ1) is 11.6. The van der Waals surface area contributed by atoms with Crippen LogP contribution in [0.2, 0.25) is 0 Å². The molecule has 1 fully saturated rings. The van der Waals surface area contributed by atoms with Crippen LogP contribution in [0, 0.1) is 0 Å². The number of nitrogens with zero attached hydrogens (tertiary/aromatic N) is 1. The normalized spacial score (nSPS) is 16.5. The average molecular weight is 232 g/mol. The number of rotatable bonds is 2. The molecule has 0 bridgehead atoms. The molecule has 1 aliphatic rings. The molecule has 0 aromatic heterocycles. The highest BCUT2D eigenvalue weighted by molar-refractivity contribution is 5.95. The van der Waals surface area contributed by atoms with E-state index in [1.165, 1.54) is 5.01 Å². The molecule has 1 N–H and O–H groups in total. The minimum Gasteiger partial charge on any atom is -0.273 e. The van der Waals surface area contributed by atoms with Gasteiger partial charge in [-0.1, -0.05) is 24.6 Å². The van der Waals surface area contributed by atoms with Gasteiger partial charge in [0.05, 0.1) is 0 Å². The van der Waals surface area contributed by atoms with Gasteiger partial charge in [0.15, 0.2) is 0 Å². The molecule has 1 aromatic carbocycles. The molecular formula is C13H16N2O2. The van der Waals surface area contributed by atoms with E-state index in [4.69, 9.17) is 0 Å². The third-order valence-corrected chi connectivity index (χ3v) is 2.85. The minimum absolute atomic E-state index is 0.00628. The fourth-order valence-corrected chi connectivity index (χ4v) is 1.88. The summed E-state index contributed by atoms with van der Waals surface area (Å²) in [7, 11) is 0. The van der Waals surface area contributed by atoms with Gasteiger partial charge in [0.2, 0.25) is 5.91 Å². The minimum atomic E-state index is -0.221. The highest BCUT2D eigenvalue weighted by Crippen LogP contribution is 2.09. The zero-order chi connectivity index (χ0) is 12.1. The van der Waals surface area contributed by atoms with Gasteiger partial charge in [-0.15, -0.1) is 0 Å². The number of benzene rings is 1. The molecule has 4 heteroatoms. The standard InChI is InChI=1S/C13H16N2O2/c16-12-9-5-2-6-10-15(12)14-13(17)11-7-3-1-4-8-11/h1,3-4,7-8H,2,5-6,9-10H2,(H,14,17). The maximum atomic E-state index is 11.9. The smallest absolute Gasteiger partial charge is 0.269 e. The summed E-state index contributed by atoms with van der Waals surface area (Å²) >= 11 is 0. The highest BCUT2D eigenvalue weighted by atomic mass is 16.2. The van der Waals surface area contributed by atoms with Crippen LogP contribution in [0.25, 0.3) is 0 Å². The molecule has 0 spiro atoms. The van der Waals surface area contributed by atoms with Crippen LogP contribution in [-0.4, -0.2) is 23.4 Å². The maximum absolute atomic E-state index is 11.9. The van der Waals surface area contributed by atoms with Gasteiger partial charge < -0.3 is 0 Å². The third-order valence-electron chi connectivity index (χ3n) is 2.85. The summed E-state index contributed by atoms with van der Waals surface area (Å²) in [5.74, 6) is -0.215. The number of carbonyl (C=O) groups is 2. The molecule has 1 aliphatic heterocycles. The molecule has 0 saturated carbocycles. The van der Waals surface area contributed by atoms with Gasteiger partial charge in [0.1, 0.15) is 0 Å². The summed E-state index contributed by atoms with van der Waals surface area (Å²) in [6, 6.07) is 8.93. The second kappa shape index (κ2) is 5.48. The van der Waals surface area contributed by atoms with E-state index in [0.29, 0.717) is 18.5 Å². The van der Waals surface area contributed by atoms with Crippen LogP contribution < -0.4 is 5.43 Å². The van der Waals surface area contributed by atoms with Crippen LogP contribution in [0.1, 0.15) is 36.0 Å². The van der Waals surface area contributed by atoms with Gasteiger partial charge in [-0.25, -0.2) is 0 Å². The lowest BCUT2D eigenvalue weighted by molar-refractivity contribution is -0.133. The van der Waals surface area contributed by atoms with Crippen molar-refractivity contribution in [3.63, 3.8) is 0 Å². The van der Waals surface area contributed by atoms with Crippen molar-refractivity contribution in [2.45, 2.75) is 25.7 Å². The van der Waals surface area contributed by atoms with Crippen molar-refractivity contribution in [1.29, 1.82) is 0 Å². The highest BCUT2D eigenvalue weighted by Gasteiger charge is 2.18. The van der Waals surface area contributed by atoms with Crippen LogP contribution in [0.15, 0.2) is 30.3 Å². The first-order chi connectivity index (χ1) is 8.27. The Morgan fingerprint density at radius 3 is 2.65 bits per heavy atom. The molecule has 1 aromatic rings. The molecule has 0 radical (unpaired) electrons. The van der Waals surface area contributed by atoms with Crippen molar-refractivity contribution in [3.8, 4) is 0 Å². The van der Waals surface area contributed by atoms with Crippen molar-refractivity contribution >= 4 is 11.8 Å². The average Bonchev–Trinajstić information content (AvgIpc) is 2.56. The fraction of sp³-hybridized carbons (Fsp3) is 0.385. The second-order valence-corrected chi connectivity index (χ2v) is 4.16. The molecule has 0 unspecified atom stereocenters. The van der Waals surface area contributed by atoms with E-state index in [0.717, 1.165) is 19.3 Å². The van der Waals surface area contributed by atoms with Gasteiger partial charge in [0.25, 0.3) is 5.91 Å². The molecule has 1 heterocycles.